The van der Waals surface area contributed by atoms with Crippen molar-refractivity contribution in [1.82, 2.24) is 15.5 Å². The molecule has 2 rings (SSSR count). The first-order valence-electron chi connectivity index (χ1n) is 8.21. The van der Waals surface area contributed by atoms with Crippen LogP contribution in [-0.4, -0.2) is 67.3 Å². The summed E-state index contributed by atoms with van der Waals surface area (Å²) < 4.78 is 5.15. The van der Waals surface area contributed by atoms with Crippen LogP contribution >= 0.6 is 0 Å². The van der Waals surface area contributed by atoms with Crippen molar-refractivity contribution in [2.75, 3.05) is 39.3 Å². The molecule has 24 heavy (non-hydrogen) atoms. The molecular weight excluding hydrogens is 310 g/mol. The van der Waals surface area contributed by atoms with Crippen LogP contribution in [-0.2, 0) is 20.9 Å². The molecule has 1 unspecified atom stereocenters. The number of nitrogens with one attached hydrogen (secondary N) is 2. The number of piperazine rings is 1. The van der Waals surface area contributed by atoms with Gasteiger partial charge in [0.1, 0.15) is 6.61 Å². The lowest BCUT2D eigenvalue weighted by Gasteiger charge is -2.32. The van der Waals surface area contributed by atoms with Crippen molar-refractivity contribution < 1.29 is 19.4 Å². The summed E-state index contributed by atoms with van der Waals surface area (Å²) >= 11 is 0. The van der Waals surface area contributed by atoms with Crippen LogP contribution in [0.25, 0.3) is 0 Å². The monoisotopic (exact) mass is 335 g/mol. The molecular formula is C17H25N3O4. The number of carbonyl (C=O) groups is 2. The third-order valence-electron chi connectivity index (χ3n) is 3.86. The smallest absolute Gasteiger partial charge is 0.320 e. The van der Waals surface area contributed by atoms with E-state index in [0.717, 1.165) is 5.56 Å². The van der Waals surface area contributed by atoms with Crippen molar-refractivity contribution >= 4 is 11.9 Å². The first-order chi connectivity index (χ1) is 11.7. The fraction of sp³-hybridized carbons (Fsp3) is 0.529. The van der Waals surface area contributed by atoms with Crippen LogP contribution < -0.4 is 10.6 Å². The largest absolute Gasteiger partial charge is 0.460 e. The van der Waals surface area contributed by atoms with Crippen LogP contribution in [0, 0.1) is 0 Å². The minimum absolute atomic E-state index is 0.0231. The summed E-state index contributed by atoms with van der Waals surface area (Å²) in [5, 5.41) is 15.2. The van der Waals surface area contributed by atoms with E-state index in [1.54, 1.807) is 4.90 Å². The molecule has 132 valence electrons. The number of amides is 1. The van der Waals surface area contributed by atoms with E-state index in [2.05, 4.69) is 10.6 Å². The highest BCUT2D eigenvalue weighted by atomic mass is 16.5. The second kappa shape index (κ2) is 10.0. The van der Waals surface area contributed by atoms with Gasteiger partial charge in [0.2, 0.25) is 5.91 Å². The highest BCUT2D eigenvalue weighted by Crippen LogP contribution is 2.02. The number of esters is 1. The maximum Gasteiger partial charge on any atom is 0.320 e. The Hall–Kier alpha value is -1.96. The van der Waals surface area contributed by atoms with Gasteiger partial charge in [-0.15, -0.1) is 0 Å². The minimum Gasteiger partial charge on any atom is -0.460 e. The Morgan fingerprint density at radius 3 is 2.88 bits per heavy atom. The summed E-state index contributed by atoms with van der Waals surface area (Å²) in [4.78, 5) is 25.4. The van der Waals surface area contributed by atoms with Gasteiger partial charge in [-0.25, -0.2) is 0 Å². The molecule has 0 spiro atoms. The van der Waals surface area contributed by atoms with Crippen molar-refractivity contribution in [2.24, 2.45) is 0 Å². The Morgan fingerprint density at radius 2 is 2.12 bits per heavy atom. The second-order valence-electron chi connectivity index (χ2n) is 5.75. The third kappa shape index (κ3) is 6.27. The quantitative estimate of drug-likeness (QED) is 0.438. The summed E-state index contributed by atoms with van der Waals surface area (Å²) in [6.07, 6.45) is 0.324. The number of rotatable bonds is 8. The minimum atomic E-state index is -0.339. The predicted octanol–water partition coefficient (Wildman–Crippen LogP) is -0.498. The molecule has 1 fully saturated rings. The first kappa shape index (κ1) is 18.4. The number of carbonyl (C=O) groups excluding carboxylic acids is 2. The summed E-state index contributed by atoms with van der Waals surface area (Å²) in [6.45, 7) is 2.64. The van der Waals surface area contributed by atoms with E-state index in [1.165, 1.54) is 0 Å². The van der Waals surface area contributed by atoms with Gasteiger partial charge in [0.25, 0.3) is 0 Å². The zero-order valence-corrected chi connectivity index (χ0v) is 13.7. The maximum atomic E-state index is 12.1. The fourth-order valence-corrected chi connectivity index (χ4v) is 2.51. The van der Waals surface area contributed by atoms with Gasteiger partial charge in [0, 0.05) is 38.6 Å². The Bertz CT molecular complexity index is 524. The van der Waals surface area contributed by atoms with Gasteiger partial charge in [-0.2, -0.15) is 0 Å². The Morgan fingerprint density at radius 1 is 1.33 bits per heavy atom. The lowest BCUT2D eigenvalue weighted by molar-refractivity contribution is -0.144. The SMILES string of the molecule is O=C(CNCCC(=O)N1CCNC(CO)C1)OCc1ccccc1. The topological polar surface area (TPSA) is 90.9 Å². The lowest BCUT2D eigenvalue weighted by Crippen LogP contribution is -2.54. The maximum absolute atomic E-state index is 12.1. The van der Waals surface area contributed by atoms with Gasteiger partial charge in [-0.3, -0.25) is 9.59 Å². The summed E-state index contributed by atoms with van der Waals surface area (Å²) in [6, 6.07) is 9.43. The van der Waals surface area contributed by atoms with Crippen LogP contribution in [0.15, 0.2) is 30.3 Å². The van der Waals surface area contributed by atoms with Crippen molar-refractivity contribution in [2.45, 2.75) is 19.1 Å². The molecule has 3 N–H and O–H groups in total. The number of hydrogen-bond acceptors (Lipinski definition) is 6. The number of aliphatic hydroxyl groups is 1. The molecule has 1 saturated heterocycles. The van der Waals surface area contributed by atoms with Crippen molar-refractivity contribution in [3.63, 3.8) is 0 Å². The number of ether oxygens (including phenoxy) is 1. The highest BCUT2D eigenvalue weighted by molar-refractivity contribution is 5.76. The van der Waals surface area contributed by atoms with Gasteiger partial charge >= 0.3 is 5.97 Å². The molecule has 0 aromatic heterocycles. The molecule has 7 nitrogen and oxygen atoms in total. The van der Waals surface area contributed by atoms with Crippen LogP contribution in [0.3, 0.4) is 0 Å². The average molecular weight is 335 g/mol. The van der Waals surface area contributed by atoms with E-state index in [1.807, 2.05) is 30.3 Å². The molecule has 1 aromatic rings. The van der Waals surface area contributed by atoms with E-state index in [-0.39, 0.29) is 37.7 Å². The number of aliphatic hydroxyl groups excluding tert-OH is 1. The second-order valence-corrected chi connectivity index (χ2v) is 5.75. The standard InChI is InChI=1S/C17H25N3O4/c21-12-15-11-20(9-8-19-15)16(22)6-7-18-10-17(23)24-13-14-4-2-1-3-5-14/h1-5,15,18-19,21H,6-13H2. The van der Waals surface area contributed by atoms with E-state index >= 15 is 0 Å². The molecule has 1 aliphatic heterocycles. The molecule has 7 heteroatoms. The van der Waals surface area contributed by atoms with Gasteiger partial charge < -0.3 is 25.4 Å². The van der Waals surface area contributed by atoms with Gasteiger partial charge in [0.15, 0.2) is 0 Å². The van der Waals surface area contributed by atoms with E-state index in [9.17, 15) is 9.59 Å². The van der Waals surface area contributed by atoms with E-state index < -0.39 is 0 Å². The average Bonchev–Trinajstić information content (AvgIpc) is 2.64. The fourth-order valence-electron chi connectivity index (χ4n) is 2.51. The third-order valence-corrected chi connectivity index (χ3v) is 3.86. The van der Waals surface area contributed by atoms with Crippen molar-refractivity contribution in [3.8, 4) is 0 Å². The van der Waals surface area contributed by atoms with Crippen molar-refractivity contribution in [3.05, 3.63) is 35.9 Å². The zero-order valence-electron chi connectivity index (χ0n) is 13.7. The van der Waals surface area contributed by atoms with Gasteiger partial charge in [0.05, 0.1) is 13.2 Å². The van der Waals surface area contributed by atoms with Gasteiger partial charge in [-0.1, -0.05) is 30.3 Å². The molecule has 1 aromatic carbocycles. The molecule has 0 aliphatic carbocycles. The Labute approximate surface area is 142 Å². The Kier molecular flexibility index (Phi) is 7.67. The van der Waals surface area contributed by atoms with Crippen LogP contribution in [0.1, 0.15) is 12.0 Å². The molecule has 0 bridgehead atoms. The summed E-state index contributed by atoms with van der Waals surface area (Å²) in [5.74, 6) is -0.311. The molecule has 1 aliphatic rings. The molecule has 0 radical (unpaired) electrons. The summed E-state index contributed by atoms with van der Waals surface area (Å²) in [7, 11) is 0. The first-order valence-corrected chi connectivity index (χ1v) is 8.21. The summed E-state index contributed by atoms with van der Waals surface area (Å²) in [5.41, 5.74) is 0.943. The van der Waals surface area contributed by atoms with E-state index in [4.69, 9.17) is 9.84 Å². The van der Waals surface area contributed by atoms with E-state index in [0.29, 0.717) is 32.6 Å². The number of benzene rings is 1. The zero-order chi connectivity index (χ0) is 17.2. The molecule has 0 saturated carbocycles. The number of nitrogens with zero attached hydrogens (tertiary/aromatic N) is 1. The molecule has 1 amide bonds. The highest BCUT2D eigenvalue weighted by Gasteiger charge is 2.22. The Balaban J connectivity index is 1.57. The number of hydrogen-bond donors (Lipinski definition) is 3. The van der Waals surface area contributed by atoms with Crippen LogP contribution in [0.2, 0.25) is 0 Å². The predicted molar refractivity (Wildman–Crippen MR) is 89.2 cm³/mol. The molecule has 1 heterocycles. The van der Waals surface area contributed by atoms with Gasteiger partial charge in [-0.05, 0) is 5.56 Å². The lowest BCUT2D eigenvalue weighted by atomic mass is 10.2. The molecule has 1 atom stereocenters. The normalized spacial score (nSPS) is 17.5. The van der Waals surface area contributed by atoms with Crippen molar-refractivity contribution in [1.29, 1.82) is 0 Å². The van der Waals surface area contributed by atoms with Crippen LogP contribution in [0.5, 0.6) is 0 Å². The van der Waals surface area contributed by atoms with Crippen LogP contribution in [0.4, 0.5) is 0 Å².